The molecule has 0 spiro atoms. The highest BCUT2D eigenvalue weighted by atomic mass is 35.5. The molecular weight excluding hydrogens is 443 g/mol. The van der Waals surface area contributed by atoms with Gasteiger partial charge in [0, 0.05) is 7.11 Å². The van der Waals surface area contributed by atoms with Crippen LogP contribution < -0.4 is 20.2 Å². The summed E-state index contributed by atoms with van der Waals surface area (Å²) >= 11 is 13.1. The van der Waals surface area contributed by atoms with Crippen molar-refractivity contribution in [2.45, 2.75) is 6.92 Å². The largest absolute Gasteiger partial charge is 0.480 e. The highest BCUT2D eigenvalue weighted by molar-refractivity contribution is 6.35. The molecule has 0 aromatic heterocycles. The second kappa shape index (κ2) is 8.55. The number of rotatable bonds is 2. The number of halogens is 2. The topological polar surface area (TPSA) is 89.7 Å². The van der Waals surface area contributed by atoms with Gasteiger partial charge < -0.3 is 19.3 Å². The number of nitrogens with zero attached hydrogens (tertiary/aromatic N) is 2. The monoisotopic (exact) mass is 458 g/mol. The van der Waals surface area contributed by atoms with Gasteiger partial charge in [0.25, 0.3) is 0 Å². The SMILES string of the molecule is COCC(=O)O.Cc1ccc2c(c1)N=c1c(Cl)c3c(c(Cl)c1O2)=Nc1ccccc1O3. The van der Waals surface area contributed by atoms with E-state index in [4.69, 9.17) is 37.8 Å². The molecule has 9 heteroatoms. The average Bonchev–Trinajstić information content (AvgIpc) is 2.76. The van der Waals surface area contributed by atoms with Gasteiger partial charge in [0.2, 0.25) is 0 Å². The van der Waals surface area contributed by atoms with Gasteiger partial charge in [-0.2, -0.15) is 0 Å². The van der Waals surface area contributed by atoms with Gasteiger partial charge in [0.1, 0.15) is 38.7 Å². The fourth-order valence-corrected chi connectivity index (χ4v) is 3.54. The van der Waals surface area contributed by atoms with E-state index in [-0.39, 0.29) is 6.61 Å². The van der Waals surface area contributed by atoms with Gasteiger partial charge >= 0.3 is 5.97 Å². The normalized spacial score (nSPS) is 12.1. The number of carboxylic acids is 1. The summed E-state index contributed by atoms with van der Waals surface area (Å²) in [5, 5.41) is 9.36. The number of ether oxygens (including phenoxy) is 3. The first kappa shape index (κ1) is 21.1. The average molecular weight is 459 g/mol. The molecule has 0 bridgehead atoms. The zero-order chi connectivity index (χ0) is 22.1. The molecule has 3 aromatic rings. The number of aliphatic carboxylic acids is 1. The van der Waals surface area contributed by atoms with Gasteiger partial charge in [-0.15, -0.1) is 0 Å². The molecular formula is C22H16Cl2N2O5. The minimum atomic E-state index is -0.933. The van der Waals surface area contributed by atoms with E-state index in [0.29, 0.717) is 55.1 Å². The standard InChI is InChI=1S/C19H10Cl2N2O2.C3H6O3/c1-9-6-7-13-11(8-9)23-17-15(21)18-16(14(20)19(17)25-13)22-10-4-2-3-5-12(10)24-18;1-6-2-3(4)5/h2-8H,1H3;2H2,1H3,(H,4,5). The molecule has 2 aliphatic rings. The Bertz CT molecular complexity index is 1320. The molecule has 2 heterocycles. The van der Waals surface area contributed by atoms with Crippen molar-refractivity contribution in [2.75, 3.05) is 13.7 Å². The molecule has 0 amide bonds. The molecule has 3 aromatic carbocycles. The number of fused-ring (bicyclic) bond motifs is 4. The number of aryl methyl sites for hydroxylation is 1. The van der Waals surface area contributed by atoms with Gasteiger partial charge in [-0.1, -0.05) is 41.4 Å². The van der Waals surface area contributed by atoms with E-state index in [9.17, 15) is 4.79 Å². The summed E-state index contributed by atoms with van der Waals surface area (Å²) in [6.45, 7) is 1.78. The Morgan fingerprint density at radius 3 is 2.13 bits per heavy atom. The fraction of sp³-hybridized carbons (Fsp3) is 0.136. The molecule has 0 aliphatic carbocycles. The van der Waals surface area contributed by atoms with Gasteiger partial charge in [0.05, 0.1) is 0 Å². The Kier molecular flexibility index (Phi) is 5.82. The summed E-state index contributed by atoms with van der Waals surface area (Å²) in [4.78, 5) is 18.7. The van der Waals surface area contributed by atoms with Crippen molar-refractivity contribution in [1.82, 2.24) is 0 Å². The fourth-order valence-electron chi connectivity index (χ4n) is 3.03. The number of para-hydroxylation sites is 2. The van der Waals surface area contributed by atoms with Crippen LogP contribution in [0.25, 0.3) is 0 Å². The van der Waals surface area contributed by atoms with Crippen LogP contribution in [0.3, 0.4) is 0 Å². The molecule has 0 atom stereocenters. The maximum Gasteiger partial charge on any atom is 0.329 e. The molecule has 1 N–H and O–H groups in total. The Morgan fingerprint density at radius 2 is 1.55 bits per heavy atom. The summed E-state index contributed by atoms with van der Waals surface area (Å²) in [5.41, 5.74) is 2.48. The first-order valence-corrected chi connectivity index (χ1v) is 9.89. The van der Waals surface area contributed by atoms with Crippen LogP contribution in [-0.2, 0) is 9.53 Å². The van der Waals surface area contributed by atoms with Crippen molar-refractivity contribution in [1.29, 1.82) is 0 Å². The van der Waals surface area contributed by atoms with Gasteiger partial charge in [-0.25, -0.2) is 14.8 Å². The van der Waals surface area contributed by atoms with Crippen LogP contribution in [0, 0.1) is 6.92 Å². The van der Waals surface area contributed by atoms with Crippen molar-refractivity contribution in [2.24, 2.45) is 9.98 Å². The maximum absolute atomic E-state index is 9.47. The van der Waals surface area contributed by atoms with Crippen LogP contribution in [0.5, 0.6) is 23.0 Å². The number of carbonyl (C=O) groups is 1. The van der Waals surface area contributed by atoms with E-state index < -0.39 is 5.97 Å². The van der Waals surface area contributed by atoms with Crippen LogP contribution in [0.2, 0.25) is 10.0 Å². The van der Waals surface area contributed by atoms with Crippen LogP contribution in [0.15, 0.2) is 52.4 Å². The second-order valence-electron chi connectivity index (χ2n) is 6.68. The number of carboxylic acid groups (broad SMARTS) is 1. The number of benzene rings is 3. The summed E-state index contributed by atoms with van der Waals surface area (Å²) in [6.07, 6.45) is 0. The molecule has 0 fully saturated rings. The van der Waals surface area contributed by atoms with Crippen LogP contribution in [-0.4, -0.2) is 24.8 Å². The van der Waals surface area contributed by atoms with Crippen molar-refractivity contribution in [3.63, 3.8) is 0 Å². The minimum absolute atomic E-state index is 0.208. The molecule has 0 saturated heterocycles. The Balaban J connectivity index is 0.000000342. The lowest BCUT2D eigenvalue weighted by atomic mass is 10.1. The lowest BCUT2D eigenvalue weighted by Crippen LogP contribution is -2.22. The van der Waals surface area contributed by atoms with Gasteiger partial charge in [-0.05, 0) is 36.8 Å². The third-order valence-corrected chi connectivity index (χ3v) is 5.08. The zero-order valence-corrected chi connectivity index (χ0v) is 18.0. The van der Waals surface area contributed by atoms with E-state index >= 15 is 0 Å². The molecule has 0 unspecified atom stereocenters. The van der Waals surface area contributed by atoms with E-state index in [1.54, 1.807) is 0 Å². The first-order valence-electron chi connectivity index (χ1n) is 9.13. The van der Waals surface area contributed by atoms with Gasteiger partial charge in [0.15, 0.2) is 23.0 Å². The summed E-state index contributed by atoms with van der Waals surface area (Å²) in [5.74, 6) is 1.12. The highest BCUT2D eigenvalue weighted by Crippen LogP contribution is 2.42. The van der Waals surface area contributed by atoms with Crippen LogP contribution in [0.4, 0.5) is 11.4 Å². The molecule has 31 heavy (non-hydrogen) atoms. The van der Waals surface area contributed by atoms with Crippen LogP contribution >= 0.6 is 23.2 Å². The van der Waals surface area contributed by atoms with Crippen molar-refractivity contribution in [3.8, 4) is 23.0 Å². The number of methoxy groups -OCH3 is 1. The number of hydrogen-bond acceptors (Lipinski definition) is 6. The predicted molar refractivity (Wildman–Crippen MR) is 115 cm³/mol. The van der Waals surface area contributed by atoms with Gasteiger partial charge in [-0.3, -0.25) is 0 Å². The van der Waals surface area contributed by atoms with E-state index in [1.165, 1.54) is 7.11 Å². The molecule has 7 nitrogen and oxygen atoms in total. The summed E-state index contributed by atoms with van der Waals surface area (Å²) in [6, 6.07) is 13.2. The molecule has 0 saturated carbocycles. The summed E-state index contributed by atoms with van der Waals surface area (Å²) < 4.78 is 16.1. The van der Waals surface area contributed by atoms with Crippen LogP contribution in [0.1, 0.15) is 5.56 Å². The molecule has 0 radical (unpaired) electrons. The van der Waals surface area contributed by atoms with Crippen molar-refractivity contribution < 1.29 is 24.1 Å². The predicted octanol–water partition coefficient (Wildman–Crippen LogP) is 5.13. The Labute approximate surface area is 187 Å². The quantitative estimate of drug-likeness (QED) is 0.395. The lowest BCUT2D eigenvalue weighted by molar-refractivity contribution is -0.141. The minimum Gasteiger partial charge on any atom is -0.480 e. The molecule has 5 rings (SSSR count). The smallest absolute Gasteiger partial charge is 0.329 e. The Hall–Kier alpha value is -3.13. The van der Waals surface area contributed by atoms with E-state index in [2.05, 4.69) is 14.7 Å². The maximum atomic E-state index is 9.47. The van der Waals surface area contributed by atoms with E-state index in [0.717, 1.165) is 5.56 Å². The number of hydrogen-bond donors (Lipinski definition) is 1. The Morgan fingerprint density at radius 1 is 0.968 bits per heavy atom. The third-order valence-electron chi connectivity index (χ3n) is 4.38. The van der Waals surface area contributed by atoms with Crippen molar-refractivity contribution >= 4 is 40.5 Å². The first-order chi connectivity index (χ1) is 14.9. The third kappa shape index (κ3) is 4.07. The second-order valence-corrected chi connectivity index (χ2v) is 7.43. The van der Waals surface area contributed by atoms with Crippen molar-refractivity contribution in [3.05, 3.63) is 68.8 Å². The zero-order valence-electron chi connectivity index (χ0n) is 16.5. The van der Waals surface area contributed by atoms with E-state index in [1.807, 2.05) is 49.4 Å². The molecule has 2 aliphatic heterocycles. The lowest BCUT2D eigenvalue weighted by Gasteiger charge is -2.20. The highest BCUT2D eigenvalue weighted by Gasteiger charge is 2.26. The summed E-state index contributed by atoms with van der Waals surface area (Å²) in [7, 11) is 1.34. The molecule has 158 valence electrons.